The molecule has 4 nitrogen and oxygen atoms in total. The molecule has 258 valence electrons. The van der Waals surface area contributed by atoms with Crippen LogP contribution in [0.15, 0.2) is 0 Å². The Morgan fingerprint density at radius 2 is 0.767 bits per heavy atom. The van der Waals surface area contributed by atoms with Crippen LogP contribution < -0.4 is 0 Å². The maximum Gasteiger partial charge on any atom is 0.306 e. The molecule has 0 aliphatic heterocycles. The molecule has 0 heterocycles. The van der Waals surface area contributed by atoms with Gasteiger partial charge >= 0.3 is 5.97 Å². The predicted octanol–water partition coefficient (Wildman–Crippen LogP) is 12.4. The summed E-state index contributed by atoms with van der Waals surface area (Å²) < 4.78 is 11.1. The van der Waals surface area contributed by atoms with E-state index in [1.807, 2.05) is 0 Å². The third-order valence-electron chi connectivity index (χ3n) is 8.93. The summed E-state index contributed by atoms with van der Waals surface area (Å²) in [7, 11) is 0. The van der Waals surface area contributed by atoms with Gasteiger partial charge in [0.25, 0.3) is 0 Å². The van der Waals surface area contributed by atoms with Crippen molar-refractivity contribution >= 4 is 5.97 Å². The number of ether oxygens (including phenoxy) is 2. The van der Waals surface area contributed by atoms with Gasteiger partial charge in [0, 0.05) is 13.0 Å². The van der Waals surface area contributed by atoms with Crippen LogP contribution in [-0.2, 0) is 14.3 Å². The second-order valence-corrected chi connectivity index (χ2v) is 13.4. The third kappa shape index (κ3) is 35.7. The Kier molecular flexibility index (Phi) is 37.0. The molecule has 1 atom stereocenters. The molecular formula is C39H78O4. The molecule has 0 amide bonds. The smallest absolute Gasteiger partial charge is 0.306 e. The Balaban J connectivity index is 3.31. The lowest BCUT2D eigenvalue weighted by Gasteiger charge is -2.16. The average molecular weight is 611 g/mol. The highest BCUT2D eigenvalue weighted by Gasteiger charge is 2.13. The largest absolute Gasteiger partial charge is 0.457 e. The summed E-state index contributed by atoms with van der Waals surface area (Å²) in [6.07, 6.45) is 41.6. The number of rotatable bonds is 37. The molecule has 4 heteroatoms. The molecular weight excluding hydrogens is 532 g/mol. The maximum absolute atomic E-state index is 12.1. The molecule has 0 radical (unpaired) electrons. The van der Waals surface area contributed by atoms with Gasteiger partial charge in [0.05, 0.1) is 13.2 Å². The summed E-state index contributed by atoms with van der Waals surface area (Å²) in [6.45, 7) is 5.37. The van der Waals surface area contributed by atoms with Crippen molar-refractivity contribution < 1.29 is 19.4 Å². The summed E-state index contributed by atoms with van der Waals surface area (Å²) in [4.78, 5) is 12.1. The predicted molar refractivity (Wildman–Crippen MR) is 187 cm³/mol. The van der Waals surface area contributed by atoms with Crippen LogP contribution in [0.3, 0.4) is 0 Å². The average Bonchev–Trinajstić information content (AvgIpc) is 3.01. The molecule has 1 unspecified atom stereocenters. The first-order valence-electron chi connectivity index (χ1n) is 19.6. The molecule has 0 saturated heterocycles. The summed E-state index contributed by atoms with van der Waals surface area (Å²) in [5.74, 6) is -0.196. The van der Waals surface area contributed by atoms with Gasteiger partial charge in [0.1, 0.15) is 6.10 Å². The second-order valence-electron chi connectivity index (χ2n) is 13.4. The molecule has 43 heavy (non-hydrogen) atoms. The van der Waals surface area contributed by atoms with Crippen LogP contribution in [0.1, 0.15) is 219 Å². The normalized spacial score (nSPS) is 12.2. The number of unbranched alkanes of at least 4 members (excludes halogenated alkanes) is 29. The highest BCUT2D eigenvalue weighted by atomic mass is 16.6. The Hall–Kier alpha value is -0.610. The van der Waals surface area contributed by atoms with Crippen molar-refractivity contribution in [3.63, 3.8) is 0 Å². The molecule has 0 bridgehead atoms. The Morgan fingerprint density at radius 3 is 1.09 bits per heavy atom. The zero-order chi connectivity index (χ0) is 31.3. The van der Waals surface area contributed by atoms with E-state index in [0.717, 1.165) is 19.3 Å². The fourth-order valence-corrected chi connectivity index (χ4v) is 5.98. The molecule has 0 rings (SSSR count). The Bertz CT molecular complexity index is 523. The van der Waals surface area contributed by atoms with Gasteiger partial charge in [0.2, 0.25) is 0 Å². The first-order chi connectivity index (χ1) is 21.2. The van der Waals surface area contributed by atoms with E-state index < -0.39 is 6.10 Å². The van der Waals surface area contributed by atoms with Crippen molar-refractivity contribution in [2.45, 2.75) is 225 Å². The number of hydrogen-bond donors (Lipinski definition) is 1. The summed E-state index contributed by atoms with van der Waals surface area (Å²) in [5.41, 5.74) is 0. The van der Waals surface area contributed by atoms with Crippen molar-refractivity contribution in [3.05, 3.63) is 0 Å². The van der Waals surface area contributed by atoms with E-state index >= 15 is 0 Å². The topological polar surface area (TPSA) is 55.8 Å². The molecule has 0 saturated carbocycles. The minimum Gasteiger partial charge on any atom is -0.457 e. The molecule has 0 aromatic rings. The van der Waals surface area contributed by atoms with Gasteiger partial charge in [-0.25, -0.2) is 0 Å². The quantitative estimate of drug-likeness (QED) is 0.0561. The van der Waals surface area contributed by atoms with Crippen LogP contribution >= 0.6 is 0 Å². The third-order valence-corrected chi connectivity index (χ3v) is 8.93. The number of aliphatic hydroxyl groups excluding tert-OH is 1. The lowest BCUT2D eigenvalue weighted by Crippen LogP contribution is -2.27. The van der Waals surface area contributed by atoms with Crippen molar-refractivity contribution in [1.82, 2.24) is 0 Å². The van der Waals surface area contributed by atoms with Crippen LogP contribution in [0.4, 0.5) is 0 Å². The minimum atomic E-state index is -0.522. The van der Waals surface area contributed by atoms with Crippen LogP contribution in [0.25, 0.3) is 0 Å². The number of carbonyl (C=O) groups excluding carboxylic acids is 1. The zero-order valence-electron chi connectivity index (χ0n) is 29.5. The van der Waals surface area contributed by atoms with Crippen LogP contribution in [0.5, 0.6) is 0 Å². The van der Waals surface area contributed by atoms with Crippen molar-refractivity contribution in [2.75, 3.05) is 19.8 Å². The van der Waals surface area contributed by atoms with E-state index in [1.54, 1.807) is 0 Å². The molecule has 0 aromatic heterocycles. The molecule has 0 aliphatic carbocycles. The van der Waals surface area contributed by atoms with Crippen LogP contribution in [0, 0.1) is 0 Å². The van der Waals surface area contributed by atoms with Gasteiger partial charge < -0.3 is 14.6 Å². The van der Waals surface area contributed by atoms with E-state index in [1.165, 1.54) is 180 Å². The number of carbonyl (C=O) groups is 1. The van der Waals surface area contributed by atoms with Crippen LogP contribution in [-0.4, -0.2) is 37.0 Å². The first kappa shape index (κ1) is 42.4. The highest BCUT2D eigenvalue weighted by molar-refractivity contribution is 5.69. The van der Waals surface area contributed by atoms with Gasteiger partial charge in [-0.15, -0.1) is 0 Å². The minimum absolute atomic E-state index is 0.164. The van der Waals surface area contributed by atoms with E-state index in [-0.39, 0.29) is 12.6 Å². The van der Waals surface area contributed by atoms with Crippen molar-refractivity contribution in [1.29, 1.82) is 0 Å². The van der Waals surface area contributed by atoms with Crippen LogP contribution in [0.2, 0.25) is 0 Å². The van der Waals surface area contributed by atoms with Gasteiger partial charge in [-0.3, -0.25) is 4.79 Å². The summed E-state index contributed by atoms with van der Waals surface area (Å²) >= 11 is 0. The fraction of sp³-hybridized carbons (Fsp3) is 0.974. The lowest BCUT2D eigenvalue weighted by molar-refractivity contribution is -0.154. The van der Waals surface area contributed by atoms with E-state index in [2.05, 4.69) is 13.8 Å². The van der Waals surface area contributed by atoms with E-state index in [9.17, 15) is 9.90 Å². The maximum atomic E-state index is 12.1. The van der Waals surface area contributed by atoms with Gasteiger partial charge in [0.15, 0.2) is 0 Å². The standard InChI is InChI=1S/C39H78O4/c1-3-5-7-9-11-13-14-15-16-17-18-19-20-21-22-23-24-25-26-27-28-30-32-34-39(41)43-38(36-40)37-42-35-33-31-29-12-10-8-6-4-2/h38,40H,3-37H2,1-2H3. The zero-order valence-corrected chi connectivity index (χ0v) is 29.5. The van der Waals surface area contributed by atoms with Gasteiger partial charge in [-0.1, -0.05) is 200 Å². The van der Waals surface area contributed by atoms with Gasteiger partial charge in [-0.05, 0) is 12.8 Å². The number of esters is 1. The first-order valence-corrected chi connectivity index (χ1v) is 19.6. The van der Waals surface area contributed by atoms with E-state index in [4.69, 9.17) is 9.47 Å². The van der Waals surface area contributed by atoms with Gasteiger partial charge in [-0.2, -0.15) is 0 Å². The molecule has 0 aliphatic rings. The molecule has 0 spiro atoms. The number of hydrogen-bond acceptors (Lipinski definition) is 4. The van der Waals surface area contributed by atoms with Crippen molar-refractivity contribution in [2.24, 2.45) is 0 Å². The Labute approximate surface area is 270 Å². The van der Waals surface area contributed by atoms with Crippen molar-refractivity contribution in [3.8, 4) is 0 Å². The molecule has 0 fully saturated rings. The summed E-state index contributed by atoms with van der Waals surface area (Å²) in [6, 6.07) is 0. The molecule has 1 N–H and O–H groups in total. The Morgan fingerprint density at radius 1 is 0.465 bits per heavy atom. The lowest BCUT2D eigenvalue weighted by atomic mass is 10.0. The molecule has 0 aromatic carbocycles. The monoisotopic (exact) mass is 611 g/mol. The summed E-state index contributed by atoms with van der Waals surface area (Å²) in [5, 5.41) is 9.52. The second kappa shape index (κ2) is 37.6. The SMILES string of the molecule is CCCCCCCCCCCCCCCCCCCCCCCCCC(=O)OC(CO)COCCCCCCCCCC. The number of aliphatic hydroxyl groups is 1. The van der Waals surface area contributed by atoms with E-state index in [0.29, 0.717) is 19.6 Å². The highest BCUT2D eigenvalue weighted by Crippen LogP contribution is 2.16. The fourth-order valence-electron chi connectivity index (χ4n) is 5.98.